The zero-order valence-corrected chi connectivity index (χ0v) is 10.8. The lowest BCUT2D eigenvalue weighted by molar-refractivity contribution is 0.119. The van der Waals surface area contributed by atoms with Gasteiger partial charge < -0.3 is 4.74 Å². The molecule has 0 aliphatic heterocycles. The van der Waals surface area contributed by atoms with E-state index >= 15 is 0 Å². The van der Waals surface area contributed by atoms with E-state index < -0.39 is 0 Å². The second-order valence-electron chi connectivity index (χ2n) is 4.97. The van der Waals surface area contributed by atoms with Crippen molar-refractivity contribution in [1.29, 1.82) is 0 Å². The minimum atomic E-state index is 0.145. The fourth-order valence-corrected chi connectivity index (χ4v) is 2.28. The van der Waals surface area contributed by atoms with Crippen LogP contribution in [0.2, 0.25) is 0 Å². The largest absolute Gasteiger partial charge is 0.377 e. The van der Waals surface area contributed by atoms with Crippen molar-refractivity contribution in [2.24, 2.45) is 0 Å². The van der Waals surface area contributed by atoms with Crippen LogP contribution in [0, 0.1) is 0 Å². The van der Waals surface area contributed by atoms with Gasteiger partial charge >= 0.3 is 0 Å². The van der Waals surface area contributed by atoms with Gasteiger partial charge in [0.15, 0.2) is 0 Å². The molecule has 0 radical (unpaired) electrons. The Bertz CT molecular complexity index is 526. The van der Waals surface area contributed by atoms with Crippen molar-refractivity contribution < 1.29 is 4.74 Å². The number of benzene rings is 1. The molecule has 2 aromatic rings. The molecule has 18 heavy (non-hydrogen) atoms. The SMILES string of the molecule is COC(C)c1ccc(-c2cn[nH]c2C2CC2)cc1. The van der Waals surface area contributed by atoms with Gasteiger partial charge in [0.05, 0.1) is 12.3 Å². The van der Waals surface area contributed by atoms with Crippen LogP contribution in [0.5, 0.6) is 0 Å². The van der Waals surface area contributed by atoms with Gasteiger partial charge in [-0.15, -0.1) is 0 Å². The summed E-state index contributed by atoms with van der Waals surface area (Å²) < 4.78 is 5.32. The average molecular weight is 242 g/mol. The van der Waals surface area contributed by atoms with Gasteiger partial charge in [-0.2, -0.15) is 5.10 Å². The van der Waals surface area contributed by atoms with E-state index in [0.717, 1.165) is 0 Å². The smallest absolute Gasteiger partial charge is 0.0793 e. The van der Waals surface area contributed by atoms with E-state index in [2.05, 4.69) is 41.4 Å². The maximum absolute atomic E-state index is 5.32. The Hall–Kier alpha value is -1.61. The van der Waals surface area contributed by atoms with Gasteiger partial charge in [0.25, 0.3) is 0 Å². The molecule has 0 saturated heterocycles. The van der Waals surface area contributed by atoms with E-state index in [1.807, 2.05) is 6.20 Å². The highest BCUT2D eigenvalue weighted by Gasteiger charge is 2.28. The third-order valence-corrected chi connectivity index (χ3v) is 3.70. The number of rotatable bonds is 4. The minimum absolute atomic E-state index is 0.145. The number of H-pyrrole nitrogens is 1. The van der Waals surface area contributed by atoms with Crippen LogP contribution in [0.3, 0.4) is 0 Å². The third-order valence-electron chi connectivity index (χ3n) is 3.70. The summed E-state index contributed by atoms with van der Waals surface area (Å²) in [5.41, 5.74) is 4.98. The second kappa shape index (κ2) is 4.58. The van der Waals surface area contributed by atoms with Crippen LogP contribution in [0.4, 0.5) is 0 Å². The summed E-state index contributed by atoms with van der Waals surface area (Å²) in [6.45, 7) is 2.06. The number of methoxy groups -OCH3 is 1. The topological polar surface area (TPSA) is 37.9 Å². The summed E-state index contributed by atoms with van der Waals surface area (Å²) in [4.78, 5) is 0. The first-order chi connectivity index (χ1) is 8.79. The first-order valence-corrected chi connectivity index (χ1v) is 6.46. The zero-order chi connectivity index (χ0) is 12.5. The molecule has 3 nitrogen and oxygen atoms in total. The summed E-state index contributed by atoms with van der Waals surface area (Å²) >= 11 is 0. The van der Waals surface area contributed by atoms with Crippen molar-refractivity contribution in [3.63, 3.8) is 0 Å². The van der Waals surface area contributed by atoms with E-state index in [4.69, 9.17) is 4.74 Å². The second-order valence-corrected chi connectivity index (χ2v) is 4.97. The van der Waals surface area contributed by atoms with Gasteiger partial charge in [-0.3, -0.25) is 5.10 Å². The van der Waals surface area contributed by atoms with E-state index in [9.17, 15) is 0 Å². The van der Waals surface area contributed by atoms with E-state index in [1.165, 1.54) is 35.2 Å². The number of aromatic nitrogens is 2. The highest BCUT2D eigenvalue weighted by Crippen LogP contribution is 2.43. The first-order valence-electron chi connectivity index (χ1n) is 6.46. The molecule has 1 fully saturated rings. The lowest BCUT2D eigenvalue weighted by Crippen LogP contribution is -1.95. The molecule has 1 unspecified atom stereocenters. The molecule has 1 heterocycles. The quantitative estimate of drug-likeness (QED) is 0.888. The monoisotopic (exact) mass is 242 g/mol. The predicted molar refractivity (Wildman–Crippen MR) is 71.4 cm³/mol. The van der Waals surface area contributed by atoms with Crippen molar-refractivity contribution in [1.82, 2.24) is 10.2 Å². The Kier molecular flexibility index (Phi) is 2.92. The van der Waals surface area contributed by atoms with Crippen molar-refractivity contribution >= 4 is 0 Å². The number of hydrogen-bond donors (Lipinski definition) is 1. The van der Waals surface area contributed by atoms with Gasteiger partial charge in [-0.05, 0) is 30.9 Å². The lowest BCUT2D eigenvalue weighted by atomic mass is 10.0. The van der Waals surface area contributed by atoms with Gasteiger partial charge in [-0.1, -0.05) is 24.3 Å². The summed E-state index contributed by atoms with van der Waals surface area (Å²) in [6.07, 6.45) is 4.65. The third kappa shape index (κ3) is 2.06. The van der Waals surface area contributed by atoms with E-state index in [0.29, 0.717) is 5.92 Å². The molecule has 1 atom stereocenters. The lowest BCUT2D eigenvalue weighted by Gasteiger charge is -2.10. The maximum Gasteiger partial charge on any atom is 0.0793 e. The number of nitrogens with one attached hydrogen (secondary N) is 1. The minimum Gasteiger partial charge on any atom is -0.377 e. The fourth-order valence-electron chi connectivity index (χ4n) is 2.28. The molecule has 1 saturated carbocycles. The summed E-state index contributed by atoms with van der Waals surface area (Å²) in [5, 5.41) is 7.32. The van der Waals surface area contributed by atoms with Crippen LogP contribution in [0.1, 0.15) is 43.0 Å². The van der Waals surface area contributed by atoms with Crippen LogP contribution >= 0.6 is 0 Å². The Labute approximate surface area is 107 Å². The summed E-state index contributed by atoms with van der Waals surface area (Å²) in [6, 6.07) is 8.57. The summed E-state index contributed by atoms with van der Waals surface area (Å²) in [5.74, 6) is 0.695. The molecular formula is C15H18N2O. The molecule has 3 heteroatoms. The van der Waals surface area contributed by atoms with E-state index in [-0.39, 0.29) is 6.10 Å². The van der Waals surface area contributed by atoms with E-state index in [1.54, 1.807) is 7.11 Å². The number of hydrogen-bond acceptors (Lipinski definition) is 2. The molecule has 0 amide bonds. The number of aromatic amines is 1. The fraction of sp³-hybridized carbons (Fsp3) is 0.400. The highest BCUT2D eigenvalue weighted by atomic mass is 16.5. The molecule has 1 aromatic heterocycles. The number of nitrogens with zero attached hydrogens (tertiary/aromatic N) is 1. The van der Waals surface area contributed by atoms with Gasteiger partial charge in [0.1, 0.15) is 0 Å². The van der Waals surface area contributed by atoms with Crippen LogP contribution in [0.15, 0.2) is 30.5 Å². The van der Waals surface area contributed by atoms with Crippen LogP contribution in [-0.4, -0.2) is 17.3 Å². The normalized spacial score (nSPS) is 16.8. The van der Waals surface area contributed by atoms with Crippen LogP contribution < -0.4 is 0 Å². The average Bonchev–Trinajstić information content (AvgIpc) is 3.15. The molecule has 3 rings (SSSR count). The van der Waals surface area contributed by atoms with Gasteiger partial charge in [0.2, 0.25) is 0 Å². The first kappa shape index (κ1) is 11.5. The van der Waals surface area contributed by atoms with Crippen molar-refractivity contribution in [2.45, 2.75) is 31.8 Å². The van der Waals surface area contributed by atoms with Crippen molar-refractivity contribution in [3.8, 4) is 11.1 Å². The molecule has 0 spiro atoms. The molecular weight excluding hydrogens is 224 g/mol. The zero-order valence-electron chi connectivity index (χ0n) is 10.8. The Balaban J connectivity index is 1.90. The molecule has 1 aromatic carbocycles. The summed E-state index contributed by atoms with van der Waals surface area (Å²) in [7, 11) is 1.74. The van der Waals surface area contributed by atoms with Gasteiger partial charge in [-0.25, -0.2) is 0 Å². The maximum atomic E-state index is 5.32. The standard InChI is InChI=1S/C15H18N2O/c1-10(18-2)11-3-5-12(6-4-11)14-9-16-17-15(14)13-7-8-13/h3-6,9-10,13H,7-8H2,1-2H3,(H,16,17). The van der Waals surface area contributed by atoms with Crippen LogP contribution in [0.25, 0.3) is 11.1 Å². The Morgan fingerprint density at radius 2 is 2.00 bits per heavy atom. The Morgan fingerprint density at radius 1 is 1.28 bits per heavy atom. The molecule has 94 valence electrons. The Morgan fingerprint density at radius 3 is 2.61 bits per heavy atom. The molecule has 1 aliphatic rings. The van der Waals surface area contributed by atoms with Crippen molar-refractivity contribution in [2.75, 3.05) is 7.11 Å². The highest BCUT2D eigenvalue weighted by molar-refractivity contribution is 5.66. The number of ether oxygens (including phenoxy) is 1. The molecule has 1 N–H and O–H groups in total. The molecule has 0 bridgehead atoms. The van der Waals surface area contributed by atoms with Gasteiger partial charge in [0, 0.05) is 24.3 Å². The molecule has 1 aliphatic carbocycles. The van der Waals surface area contributed by atoms with Crippen molar-refractivity contribution in [3.05, 3.63) is 41.7 Å². The predicted octanol–water partition coefficient (Wildman–Crippen LogP) is 3.66. The van der Waals surface area contributed by atoms with Crippen LogP contribution in [-0.2, 0) is 4.74 Å².